The fourth-order valence-corrected chi connectivity index (χ4v) is 1.75. The molecule has 2 rings (SSSR count). The van der Waals surface area contributed by atoms with Gasteiger partial charge < -0.3 is 19.6 Å². The first-order valence-corrected chi connectivity index (χ1v) is 6.36. The molecule has 0 aliphatic carbocycles. The van der Waals surface area contributed by atoms with Gasteiger partial charge in [-0.15, -0.1) is 0 Å². The molecule has 0 bridgehead atoms. The lowest BCUT2D eigenvalue weighted by molar-refractivity contribution is -0.139. The Balaban J connectivity index is 1.85. The minimum Gasteiger partial charge on any atom is -0.480 e. The quantitative estimate of drug-likeness (QED) is 0.851. The minimum atomic E-state index is -1.13. The number of carbonyl (C=O) groups is 2. The van der Waals surface area contributed by atoms with Crippen LogP contribution in [0.25, 0.3) is 0 Å². The van der Waals surface area contributed by atoms with E-state index in [2.05, 4.69) is 5.32 Å². The van der Waals surface area contributed by atoms with E-state index in [1.165, 1.54) is 12.5 Å². The zero-order chi connectivity index (χ0) is 15.1. The smallest absolute Gasteiger partial charge is 0.408 e. The zero-order valence-electron chi connectivity index (χ0n) is 11.2. The van der Waals surface area contributed by atoms with Gasteiger partial charge >= 0.3 is 12.1 Å². The summed E-state index contributed by atoms with van der Waals surface area (Å²) in [4.78, 5) is 22.8. The van der Waals surface area contributed by atoms with E-state index in [0.717, 1.165) is 5.56 Å². The van der Waals surface area contributed by atoms with Crippen molar-refractivity contribution in [2.45, 2.75) is 19.1 Å². The fraction of sp³-hybridized carbons (Fsp3) is 0.200. The third kappa shape index (κ3) is 4.68. The number of carboxylic acids is 1. The average Bonchev–Trinajstić information content (AvgIpc) is 2.98. The predicted octanol–water partition coefficient (Wildman–Crippen LogP) is 2.20. The van der Waals surface area contributed by atoms with E-state index in [4.69, 9.17) is 14.3 Å². The molecule has 0 unspecified atom stereocenters. The van der Waals surface area contributed by atoms with Crippen LogP contribution in [0.2, 0.25) is 0 Å². The van der Waals surface area contributed by atoms with Gasteiger partial charge in [-0.05, 0) is 17.2 Å². The van der Waals surface area contributed by atoms with Gasteiger partial charge in [0.15, 0.2) is 0 Å². The Morgan fingerprint density at radius 1 is 1.19 bits per heavy atom. The zero-order valence-corrected chi connectivity index (χ0v) is 11.2. The van der Waals surface area contributed by atoms with Crippen molar-refractivity contribution in [2.24, 2.45) is 0 Å². The van der Waals surface area contributed by atoms with Crippen LogP contribution in [0.1, 0.15) is 11.1 Å². The SMILES string of the molecule is O=C(N[C@@H](Cc1ccoc1)C(=O)O)OCc1ccccc1. The van der Waals surface area contributed by atoms with E-state index in [0.29, 0.717) is 5.56 Å². The summed E-state index contributed by atoms with van der Waals surface area (Å²) in [6.07, 6.45) is 2.25. The summed E-state index contributed by atoms with van der Waals surface area (Å²) in [6.45, 7) is 0.0880. The van der Waals surface area contributed by atoms with Crippen LogP contribution in [-0.4, -0.2) is 23.2 Å². The van der Waals surface area contributed by atoms with E-state index in [1.54, 1.807) is 6.07 Å². The van der Waals surface area contributed by atoms with Crippen LogP contribution in [0.3, 0.4) is 0 Å². The lowest BCUT2D eigenvalue weighted by Gasteiger charge is -2.13. The van der Waals surface area contributed by atoms with E-state index < -0.39 is 18.1 Å². The highest BCUT2D eigenvalue weighted by molar-refractivity contribution is 5.80. The number of carboxylic acid groups (broad SMARTS) is 1. The molecule has 0 aliphatic heterocycles. The number of nitrogens with one attached hydrogen (secondary N) is 1. The molecule has 1 amide bonds. The van der Waals surface area contributed by atoms with E-state index >= 15 is 0 Å². The van der Waals surface area contributed by atoms with Crippen molar-refractivity contribution in [3.05, 3.63) is 60.1 Å². The van der Waals surface area contributed by atoms with Crippen LogP contribution < -0.4 is 5.32 Å². The standard InChI is InChI=1S/C15H15NO5/c17-14(18)13(8-12-6-7-20-9-12)16-15(19)21-10-11-4-2-1-3-5-11/h1-7,9,13H,8,10H2,(H,16,19)(H,17,18)/t13-/m0/s1. The number of aliphatic carboxylic acids is 1. The topological polar surface area (TPSA) is 88.8 Å². The van der Waals surface area contributed by atoms with Crippen molar-refractivity contribution in [1.82, 2.24) is 5.32 Å². The first-order valence-electron chi connectivity index (χ1n) is 6.36. The van der Waals surface area contributed by atoms with Crippen molar-refractivity contribution in [2.75, 3.05) is 0 Å². The molecule has 0 aliphatic rings. The van der Waals surface area contributed by atoms with Crippen molar-refractivity contribution in [3.63, 3.8) is 0 Å². The Labute approximate surface area is 121 Å². The molecule has 0 radical (unpaired) electrons. The van der Waals surface area contributed by atoms with Crippen LogP contribution in [0.5, 0.6) is 0 Å². The van der Waals surface area contributed by atoms with E-state index in [1.807, 2.05) is 30.3 Å². The van der Waals surface area contributed by atoms with Gasteiger partial charge in [-0.2, -0.15) is 0 Å². The molecule has 2 N–H and O–H groups in total. The first-order chi connectivity index (χ1) is 10.1. The fourth-order valence-electron chi connectivity index (χ4n) is 1.75. The molecule has 0 saturated heterocycles. The summed E-state index contributed by atoms with van der Waals surface area (Å²) in [7, 11) is 0. The van der Waals surface area contributed by atoms with Crippen molar-refractivity contribution >= 4 is 12.1 Å². The van der Waals surface area contributed by atoms with Gasteiger partial charge in [0.2, 0.25) is 0 Å². The molecular weight excluding hydrogens is 274 g/mol. The highest BCUT2D eigenvalue weighted by atomic mass is 16.5. The van der Waals surface area contributed by atoms with Gasteiger partial charge in [0.05, 0.1) is 12.5 Å². The number of ether oxygens (including phenoxy) is 1. The summed E-state index contributed by atoms with van der Waals surface area (Å²) in [5.41, 5.74) is 1.51. The molecule has 1 heterocycles. The molecular formula is C15H15NO5. The number of hydrogen-bond acceptors (Lipinski definition) is 4. The summed E-state index contributed by atoms with van der Waals surface area (Å²) in [6, 6.07) is 9.72. The van der Waals surface area contributed by atoms with Gasteiger partial charge in [-0.25, -0.2) is 9.59 Å². The van der Waals surface area contributed by atoms with Gasteiger partial charge in [0.25, 0.3) is 0 Å². The molecule has 1 aromatic carbocycles. The molecule has 0 fully saturated rings. The van der Waals surface area contributed by atoms with Gasteiger partial charge in [-0.1, -0.05) is 30.3 Å². The second-order valence-corrected chi connectivity index (χ2v) is 4.43. The highest BCUT2D eigenvalue weighted by Gasteiger charge is 2.21. The number of hydrogen-bond donors (Lipinski definition) is 2. The normalized spacial score (nSPS) is 11.6. The number of furan rings is 1. The predicted molar refractivity (Wildman–Crippen MR) is 73.6 cm³/mol. The molecule has 1 aromatic heterocycles. The van der Waals surface area contributed by atoms with Gasteiger partial charge in [0.1, 0.15) is 12.6 Å². The van der Waals surface area contributed by atoms with E-state index in [-0.39, 0.29) is 13.0 Å². The molecule has 6 nitrogen and oxygen atoms in total. The Bertz CT molecular complexity index is 579. The van der Waals surface area contributed by atoms with Crippen LogP contribution >= 0.6 is 0 Å². The molecule has 1 atom stereocenters. The van der Waals surface area contributed by atoms with Crippen molar-refractivity contribution in [3.8, 4) is 0 Å². The molecule has 110 valence electrons. The largest absolute Gasteiger partial charge is 0.480 e. The highest BCUT2D eigenvalue weighted by Crippen LogP contribution is 2.05. The minimum absolute atomic E-state index is 0.0880. The number of amides is 1. The summed E-state index contributed by atoms with van der Waals surface area (Å²) in [5.74, 6) is -1.13. The molecule has 0 saturated carbocycles. The van der Waals surface area contributed by atoms with Crippen molar-refractivity contribution in [1.29, 1.82) is 0 Å². The average molecular weight is 289 g/mol. The third-order valence-corrected chi connectivity index (χ3v) is 2.82. The molecule has 0 spiro atoms. The van der Waals surface area contributed by atoms with Crippen LogP contribution in [0, 0.1) is 0 Å². The maximum atomic E-state index is 11.6. The summed E-state index contributed by atoms with van der Waals surface area (Å²) in [5, 5.41) is 11.4. The summed E-state index contributed by atoms with van der Waals surface area (Å²) < 4.78 is 9.86. The Kier molecular flexibility index (Phi) is 4.98. The first kappa shape index (κ1) is 14.6. The van der Waals surface area contributed by atoms with Crippen LogP contribution in [0.15, 0.2) is 53.3 Å². The van der Waals surface area contributed by atoms with Gasteiger partial charge in [-0.3, -0.25) is 0 Å². The van der Waals surface area contributed by atoms with Crippen LogP contribution in [0.4, 0.5) is 4.79 Å². The number of alkyl carbamates (subject to hydrolysis) is 1. The Morgan fingerprint density at radius 2 is 1.95 bits per heavy atom. The second kappa shape index (κ2) is 7.14. The Hall–Kier alpha value is -2.76. The van der Waals surface area contributed by atoms with E-state index in [9.17, 15) is 9.59 Å². The number of rotatable bonds is 6. The molecule has 2 aromatic rings. The third-order valence-electron chi connectivity index (χ3n) is 2.82. The van der Waals surface area contributed by atoms with Gasteiger partial charge in [0, 0.05) is 6.42 Å². The number of carbonyl (C=O) groups excluding carboxylic acids is 1. The Morgan fingerprint density at radius 3 is 2.57 bits per heavy atom. The second-order valence-electron chi connectivity index (χ2n) is 4.43. The lowest BCUT2D eigenvalue weighted by Crippen LogP contribution is -2.42. The molecule has 21 heavy (non-hydrogen) atoms. The molecule has 6 heteroatoms. The maximum absolute atomic E-state index is 11.6. The maximum Gasteiger partial charge on any atom is 0.408 e. The van der Waals surface area contributed by atoms with Crippen molar-refractivity contribution < 1.29 is 23.8 Å². The summed E-state index contributed by atoms with van der Waals surface area (Å²) >= 11 is 0. The number of benzene rings is 1. The monoisotopic (exact) mass is 289 g/mol. The van der Waals surface area contributed by atoms with Crippen LogP contribution in [-0.2, 0) is 22.6 Å². The lowest BCUT2D eigenvalue weighted by atomic mass is 10.1.